The molecule has 0 unspecified atom stereocenters. The summed E-state index contributed by atoms with van der Waals surface area (Å²) in [7, 11) is -3.69. The number of sulfonamides is 1. The molecule has 0 aliphatic heterocycles. The quantitative estimate of drug-likeness (QED) is 0.869. The van der Waals surface area contributed by atoms with Crippen molar-refractivity contribution < 1.29 is 18.3 Å². The van der Waals surface area contributed by atoms with Crippen molar-refractivity contribution in [3.63, 3.8) is 0 Å². The summed E-state index contributed by atoms with van der Waals surface area (Å²) in [5.41, 5.74) is -0.112. The van der Waals surface area contributed by atoms with Crippen LogP contribution in [0.25, 0.3) is 0 Å². The highest BCUT2D eigenvalue weighted by atomic mass is 35.5. The van der Waals surface area contributed by atoms with Crippen LogP contribution in [-0.2, 0) is 10.0 Å². The lowest BCUT2D eigenvalue weighted by Crippen LogP contribution is -2.37. The number of halogens is 1. The molecular weight excluding hydrogens is 314 g/mol. The van der Waals surface area contributed by atoms with Crippen molar-refractivity contribution in [2.45, 2.75) is 43.5 Å². The number of hydrogen-bond acceptors (Lipinski definition) is 3. The van der Waals surface area contributed by atoms with Gasteiger partial charge in [-0.2, -0.15) is 0 Å². The average Bonchev–Trinajstić information content (AvgIpc) is 2.91. The zero-order chi connectivity index (χ0) is 15.6. The van der Waals surface area contributed by atoms with E-state index in [2.05, 4.69) is 4.72 Å². The molecule has 1 saturated carbocycles. The zero-order valence-electron chi connectivity index (χ0n) is 11.7. The van der Waals surface area contributed by atoms with Crippen molar-refractivity contribution in [2.24, 2.45) is 5.92 Å². The number of aromatic carboxylic acids is 1. The lowest BCUT2D eigenvalue weighted by atomic mass is 10.0. The third-order valence-electron chi connectivity index (χ3n) is 3.93. The highest BCUT2D eigenvalue weighted by Crippen LogP contribution is 2.28. The largest absolute Gasteiger partial charge is 0.478 e. The Morgan fingerprint density at radius 3 is 2.52 bits per heavy atom. The molecule has 1 aliphatic rings. The first-order chi connectivity index (χ1) is 9.81. The summed E-state index contributed by atoms with van der Waals surface area (Å²) in [4.78, 5) is 10.9. The topological polar surface area (TPSA) is 83.5 Å². The fraction of sp³-hybridized carbons (Fsp3) is 0.500. The average molecular weight is 332 g/mol. The van der Waals surface area contributed by atoms with E-state index in [1.54, 1.807) is 0 Å². The van der Waals surface area contributed by atoms with Gasteiger partial charge in [-0.05, 0) is 43.9 Å². The van der Waals surface area contributed by atoms with Crippen LogP contribution < -0.4 is 4.72 Å². The van der Waals surface area contributed by atoms with E-state index in [-0.39, 0.29) is 21.5 Å². The molecule has 7 heteroatoms. The lowest BCUT2D eigenvalue weighted by Gasteiger charge is -2.20. The maximum atomic E-state index is 12.3. The van der Waals surface area contributed by atoms with Crippen molar-refractivity contribution in [3.8, 4) is 0 Å². The molecule has 0 heterocycles. The minimum absolute atomic E-state index is 0.0117. The smallest absolute Gasteiger partial charge is 0.337 e. The van der Waals surface area contributed by atoms with Crippen LogP contribution in [0.4, 0.5) is 0 Å². The Balaban J connectivity index is 2.19. The Morgan fingerprint density at radius 2 is 2.00 bits per heavy atom. The summed E-state index contributed by atoms with van der Waals surface area (Å²) in [5, 5.41) is 8.81. The molecule has 1 aromatic carbocycles. The number of carboxylic acids is 1. The van der Waals surface area contributed by atoms with Gasteiger partial charge >= 0.3 is 5.97 Å². The van der Waals surface area contributed by atoms with E-state index >= 15 is 0 Å². The van der Waals surface area contributed by atoms with Gasteiger partial charge in [0.1, 0.15) is 0 Å². The number of carbonyl (C=O) groups is 1. The van der Waals surface area contributed by atoms with Crippen LogP contribution in [0.3, 0.4) is 0 Å². The molecule has 0 bridgehead atoms. The van der Waals surface area contributed by atoms with Gasteiger partial charge in [-0.25, -0.2) is 17.9 Å². The van der Waals surface area contributed by atoms with Gasteiger partial charge in [0, 0.05) is 6.04 Å². The number of benzene rings is 1. The third-order valence-corrected chi connectivity index (χ3v) is 5.80. The Hall–Kier alpha value is -1.11. The first-order valence-corrected chi connectivity index (χ1v) is 8.72. The predicted octanol–water partition coefficient (Wildman–Crippen LogP) is 2.90. The van der Waals surface area contributed by atoms with Crippen molar-refractivity contribution in [3.05, 3.63) is 28.8 Å². The first-order valence-electron chi connectivity index (χ1n) is 6.86. The van der Waals surface area contributed by atoms with Crippen molar-refractivity contribution in [1.29, 1.82) is 0 Å². The zero-order valence-corrected chi connectivity index (χ0v) is 13.2. The molecular formula is C14H18ClNO4S. The van der Waals surface area contributed by atoms with E-state index in [0.29, 0.717) is 5.92 Å². The standard InChI is InChI=1S/C14H18ClNO4S/c1-9(10-4-2-3-5-10)16-21(19,20)11-6-7-12(14(17)18)13(15)8-11/h6-10,16H,2-5H2,1H3,(H,17,18)/t9-/m1/s1. The Morgan fingerprint density at radius 1 is 1.38 bits per heavy atom. The summed E-state index contributed by atoms with van der Waals surface area (Å²) >= 11 is 5.82. The van der Waals surface area contributed by atoms with Crippen LogP contribution >= 0.6 is 11.6 Å². The maximum absolute atomic E-state index is 12.3. The fourth-order valence-electron chi connectivity index (χ4n) is 2.70. The summed E-state index contributed by atoms with van der Waals surface area (Å²) < 4.78 is 27.3. The van der Waals surface area contributed by atoms with Crippen LogP contribution in [0, 0.1) is 5.92 Å². The molecule has 1 aromatic rings. The van der Waals surface area contributed by atoms with E-state index in [4.69, 9.17) is 16.7 Å². The first kappa shape index (κ1) is 16.3. The van der Waals surface area contributed by atoms with E-state index in [0.717, 1.165) is 25.7 Å². The molecule has 1 atom stereocenters. The molecule has 0 amide bonds. The minimum Gasteiger partial charge on any atom is -0.478 e. The highest BCUT2D eigenvalue weighted by molar-refractivity contribution is 7.89. The van der Waals surface area contributed by atoms with Gasteiger partial charge in [-0.3, -0.25) is 0 Å². The summed E-state index contributed by atoms with van der Waals surface area (Å²) in [6, 6.07) is 3.50. The Kier molecular flexibility index (Phi) is 4.91. The SMILES string of the molecule is C[C@@H](NS(=O)(=O)c1ccc(C(=O)O)c(Cl)c1)C1CCCC1. The van der Waals surface area contributed by atoms with Crippen LogP contribution in [0.1, 0.15) is 43.0 Å². The van der Waals surface area contributed by atoms with E-state index in [1.165, 1.54) is 18.2 Å². The maximum Gasteiger partial charge on any atom is 0.337 e. The summed E-state index contributed by atoms with van der Waals surface area (Å²) in [5.74, 6) is -0.829. The molecule has 0 spiro atoms. The van der Waals surface area contributed by atoms with Crippen molar-refractivity contribution in [1.82, 2.24) is 4.72 Å². The number of carboxylic acid groups (broad SMARTS) is 1. The van der Waals surface area contributed by atoms with Crippen LogP contribution in [0.15, 0.2) is 23.1 Å². The molecule has 0 aromatic heterocycles. The van der Waals surface area contributed by atoms with Gasteiger partial charge < -0.3 is 5.11 Å². The van der Waals surface area contributed by atoms with Gasteiger partial charge in [0.2, 0.25) is 10.0 Å². The highest BCUT2D eigenvalue weighted by Gasteiger charge is 2.26. The molecule has 1 aliphatic carbocycles. The molecule has 1 fully saturated rings. The Bertz CT molecular complexity index is 638. The van der Waals surface area contributed by atoms with Gasteiger partial charge in [0.15, 0.2) is 0 Å². The number of nitrogens with one attached hydrogen (secondary N) is 1. The van der Waals surface area contributed by atoms with Crippen LogP contribution in [0.2, 0.25) is 5.02 Å². The molecule has 21 heavy (non-hydrogen) atoms. The van der Waals surface area contributed by atoms with Crippen molar-refractivity contribution >= 4 is 27.6 Å². The molecule has 116 valence electrons. The van der Waals surface area contributed by atoms with E-state index in [9.17, 15) is 13.2 Å². The second-order valence-corrected chi connectivity index (χ2v) is 7.52. The third kappa shape index (κ3) is 3.75. The molecule has 0 saturated heterocycles. The molecule has 2 rings (SSSR count). The fourth-order valence-corrected chi connectivity index (χ4v) is 4.37. The van der Waals surface area contributed by atoms with E-state index in [1.807, 2.05) is 6.92 Å². The van der Waals surface area contributed by atoms with Crippen molar-refractivity contribution in [2.75, 3.05) is 0 Å². The molecule has 2 N–H and O–H groups in total. The van der Waals surface area contributed by atoms with Gasteiger partial charge in [0.05, 0.1) is 15.5 Å². The minimum atomic E-state index is -3.69. The lowest BCUT2D eigenvalue weighted by molar-refractivity contribution is 0.0697. The van der Waals surface area contributed by atoms with Gasteiger partial charge in [-0.15, -0.1) is 0 Å². The Labute approximate surface area is 129 Å². The predicted molar refractivity (Wildman–Crippen MR) is 80.2 cm³/mol. The molecule has 5 nitrogen and oxygen atoms in total. The van der Waals surface area contributed by atoms with Gasteiger partial charge in [0.25, 0.3) is 0 Å². The van der Waals surface area contributed by atoms with Gasteiger partial charge in [-0.1, -0.05) is 24.4 Å². The second-order valence-electron chi connectivity index (χ2n) is 5.40. The van der Waals surface area contributed by atoms with Crippen LogP contribution in [0.5, 0.6) is 0 Å². The summed E-state index contributed by atoms with van der Waals surface area (Å²) in [6.45, 7) is 1.86. The second kappa shape index (κ2) is 6.34. The number of hydrogen-bond donors (Lipinski definition) is 2. The molecule has 0 radical (unpaired) electrons. The van der Waals surface area contributed by atoms with Crippen LogP contribution in [-0.4, -0.2) is 25.5 Å². The monoisotopic (exact) mass is 331 g/mol. The normalized spacial score (nSPS) is 17.8. The van der Waals surface area contributed by atoms with E-state index < -0.39 is 16.0 Å². The number of rotatable bonds is 5. The summed E-state index contributed by atoms with van der Waals surface area (Å²) in [6.07, 6.45) is 4.33.